The lowest BCUT2D eigenvalue weighted by atomic mass is 10.3. The topological polar surface area (TPSA) is 63.6 Å². The van der Waals surface area contributed by atoms with Crippen molar-refractivity contribution in [1.82, 2.24) is 0 Å². The molecule has 0 aromatic heterocycles. The number of carbonyl (C=O) groups excluding carboxylic acids is 1. The zero-order valence-electron chi connectivity index (χ0n) is 6.74. The molecule has 66 valence electrons. The maximum Gasteiger partial charge on any atom is 0.334 e. The highest BCUT2D eigenvalue weighted by Gasteiger charge is 2.05. The van der Waals surface area contributed by atoms with Gasteiger partial charge >= 0.3 is 11.9 Å². The minimum Gasteiger partial charge on any atom is -0.478 e. The van der Waals surface area contributed by atoms with Crippen molar-refractivity contribution in [3.8, 4) is 0 Å². The van der Waals surface area contributed by atoms with Crippen molar-refractivity contribution in [3.05, 3.63) is 24.3 Å². The summed E-state index contributed by atoms with van der Waals surface area (Å²) in [5.74, 6) is -1.81. The molecule has 0 saturated carbocycles. The number of carboxylic acid groups (broad SMARTS) is 1. The summed E-state index contributed by atoms with van der Waals surface area (Å²) in [4.78, 5) is 20.9. The van der Waals surface area contributed by atoms with E-state index < -0.39 is 11.9 Å². The first-order valence-corrected chi connectivity index (χ1v) is 3.27. The van der Waals surface area contributed by atoms with Crippen molar-refractivity contribution >= 4 is 11.9 Å². The molecular formula is C8H10O4. The zero-order chi connectivity index (χ0) is 9.56. The Morgan fingerprint density at radius 1 is 1.58 bits per heavy atom. The van der Waals surface area contributed by atoms with Crippen LogP contribution in [0.25, 0.3) is 0 Å². The van der Waals surface area contributed by atoms with Gasteiger partial charge in [0, 0.05) is 11.6 Å². The predicted molar refractivity (Wildman–Crippen MR) is 42.5 cm³/mol. The summed E-state index contributed by atoms with van der Waals surface area (Å²) < 4.78 is 4.57. The van der Waals surface area contributed by atoms with Crippen molar-refractivity contribution in [2.45, 2.75) is 6.92 Å². The van der Waals surface area contributed by atoms with Gasteiger partial charge in [-0.05, 0) is 6.92 Å². The van der Waals surface area contributed by atoms with Crippen molar-refractivity contribution in [1.29, 1.82) is 0 Å². The Hall–Kier alpha value is -1.58. The Kier molecular flexibility index (Phi) is 4.45. The highest BCUT2D eigenvalue weighted by atomic mass is 16.5. The number of carboxylic acids is 1. The van der Waals surface area contributed by atoms with Crippen LogP contribution in [0.4, 0.5) is 0 Å². The Labute approximate surface area is 70.1 Å². The van der Waals surface area contributed by atoms with Gasteiger partial charge in [0.2, 0.25) is 0 Å². The molecule has 0 aliphatic carbocycles. The molecule has 0 spiro atoms. The SMILES string of the molecule is C=CCOC(=O)C(C)=CC(=O)O. The summed E-state index contributed by atoms with van der Waals surface area (Å²) in [6.45, 7) is 4.80. The van der Waals surface area contributed by atoms with Crippen LogP contribution in [0.15, 0.2) is 24.3 Å². The Bertz CT molecular complexity index is 227. The summed E-state index contributed by atoms with van der Waals surface area (Å²) in [5.41, 5.74) is 0.0596. The van der Waals surface area contributed by atoms with E-state index in [-0.39, 0.29) is 12.2 Å². The fraction of sp³-hybridized carbons (Fsp3) is 0.250. The predicted octanol–water partition coefficient (Wildman–Crippen LogP) is 0.746. The molecule has 0 radical (unpaired) electrons. The number of esters is 1. The van der Waals surface area contributed by atoms with Crippen LogP contribution >= 0.6 is 0 Å². The van der Waals surface area contributed by atoms with Crippen LogP contribution in [0.1, 0.15) is 6.92 Å². The van der Waals surface area contributed by atoms with Crippen LogP contribution in [-0.4, -0.2) is 23.7 Å². The first-order chi connectivity index (χ1) is 5.57. The molecule has 0 amide bonds. The summed E-state index contributed by atoms with van der Waals surface area (Å²) >= 11 is 0. The van der Waals surface area contributed by atoms with Gasteiger partial charge in [0.1, 0.15) is 6.61 Å². The average Bonchev–Trinajstić information content (AvgIpc) is 1.98. The molecule has 0 heterocycles. The lowest BCUT2D eigenvalue weighted by Crippen LogP contribution is -2.07. The number of rotatable bonds is 4. The van der Waals surface area contributed by atoms with E-state index >= 15 is 0 Å². The molecule has 0 aliphatic heterocycles. The summed E-state index contributed by atoms with van der Waals surface area (Å²) in [6, 6.07) is 0. The van der Waals surface area contributed by atoms with Gasteiger partial charge in [0.15, 0.2) is 0 Å². The van der Waals surface area contributed by atoms with Gasteiger partial charge in [-0.3, -0.25) is 0 Å². The van der Waals surface area contributed by atoms with Crippen molar-refractivity contribution in [3.63, 3.8) is 0 Å². The monoisotopic (exact) mass is 170 g/mol. The van der Waals surface area contributed by atoms with E-state index in [1.807, 2.05) is 0 Å². The zero-order valence-corrected chi connectivity index (χ0v) is 6.74. The summed E-state index contributed by atoms with van der Waals surface area (Å²) in [7, 11) is 0. The maximum absolute atomic E-state index is 10.8. The minimum atomic E-state index is -1.16. The average molecular weight is 170 g/mol. The second-order valence-corrected chi connectivity index (χ2v) is 2.05. The molecule has 0 rings (SSSR count). The van der Waals surface area contributed by atoms with E-state index in [9.17, 15) is 9.59 Å². The molecule has 0 aliphatic rings. The Morgan fingerprint density at radius 3 is 2.58 bits per heavy atom. The fourth-order valence-electron chi connectivity index (χ4n) is 0.493. The minimum absolute atomic E-state index is 0.0596. The molecular weight excluding hydrogens is 160 g/mol. The van der Waals surface area contributed by atoms with Gasteiger partial charge in [-0.25, -0.2) is 9.59 Å². The molecule has 0 atom stereocenters. The fourth-order valence-corrected chi connectivity index (χ4v) is 0.493. The second kappa shape index (κ2) is 5.12. The summed E-state index contributed by atoms with van der Waals surface area (Å²) in [6.07, 6.45) is 2.21. The van der Waals surface area contributed by atoms with E-state index in [4.69, 9.17) is 5.11 Å². The first kappa shape index (κ1) is 10.4. The normalized spacial score (nSPS) is 10.6. The molecule has 4 heteroatoms. The van der Waals surface area contributed by atoms with Gasteiger partial charge in [0.05, 0.1) is 0 Å². The summed E-state index contributed by atoms with van der Waals surface area (Å²) in [5, 5.41) is 8.25. The van der Waals surface area contributed by atoms with Gasteiger partial charge in [-0.2, -0.15) is 0 Å². The molecule has 0 aromatic carbocycles. The van der Waals surface area contributed by atoms with Gasteiger partial charge < -0.3 is 9.84 Å². The van der Waals surface area contributed by atoms with Crippen LogP contribution in [0.2, 0.25) is 0 Å². The smallest absolute Gasteiger partial charge is 0.334 e. The molecule has 0 fully saturated rings. The van der Waals surface area contributed by atoms with Crippen LogP contribution in [0, 0.1) is 0 Å². The van der Waals surface area contributed by atoms with E-state index in [1.54, 1.807) is 0 Å². The molecule has 0 bridgehead atoms. The van der Waals surface area contributed by atoms with Crippen LogP contribution in [-0.2, 0) is 14.3 Å². The lowest BCUT2D eigenvalue weighted by molar-refractivity contribution is -0.138. The number of aliphatic carboxylic acids is 1. The van der Waals surface area contributed by atoms with Crippen molar-refractivity contribution in [2.75, 3.05) is 6.61 Å². The van der Waals surface area contributed by atoms with Crippen molar-refractivity contribution < 1.29 is 19.4 Å². The molecule has 12 heavy (non-hydrogen) atoms. The second-order valence-electron chi connectivity index (χ2n) is 2.05. The lowest BCUT2D eigenvalue weighted by Gasteiger charge is -1.99. The van der Waals surface area contributed by atoms with Crippen LogP contribution in [0.3, 0.4) is 0 Å². The Morgan fingerprint density at radius 2 is 2.17 bits per heavy atom. The third-order valence-corrected chi connectivity index (χ3v) is 0.994. The molecule has 0 saturated heterocycles. The number of hydrogen-bond acceptors (Lipinski definition) is 3. The third kappa shape index (κ3) is 4.27. The largest absolute Gasteiger partial charge is 0.478 e. The molecule has 0 aromatic rings. The van der Waals surface area contributed by atoms with E-state index in [1.165, 1.54) is 13.0 Å². The molecule has 4 nitrogen and oxygen atoms in total. The number of hydrogen-bond donors (Lipinski definition) is 1. The number of ether oxygens (including phenoxy) is 1. The van der Waals surface area contributed by atoms with E-state index in [2.05, 4.69) is 11.3 Å². The van der Waals surface area contributed by atoms with Crippen molar-refractivity contribution in [2.24, 2.45) is 0 Å². The number of carbonyl (C=O) groups is 2. The maximum atomic E-state index is 10.8. The highest BCUT2D eigenvalue weighted by molar-refractivity contribution is 5.95. The third-order valence-electron chi connectivity index (χ3n) is 0.994. The highest BCUT2D eigenvalue weighted by Crippen LogP contribution is 1.95. The van der Waals surface area contributed by atoms with E-state index in [0.717, 1.165) is 6.08 Å². The quantitative estimate of drug-likeness (QED) is 0.384. The van der Waals surface area contributed by atoms with E-state index in [0.29, 0.717) is 0 Å². The van der Waals surface area contributed by atoms with Crippen LogP contribution in [0.5, 0.6) is 0 Å². The molecule has 1 N–H and O–H groups in total. The Balaban J connectivity index is 4.09. The molecule has 0 unspecified atom stereocenters. The first-order valence-electron chi connectivity index (χ1n) is 3.27. The standard InChI is InChI=1S/C8H10O4/c1-3-4-12-8(11)6(2)5-7(9)10/h3,5H,1,4H2,2H3,(H,9,10). The van der Waals surface area contributed by atoms with Gasteiger partial charge in [0.25, 0.3) is 0 Å². The van der Waals surface area contributed by atoms with Crippen LogP contribution < -0.4 is 0 Å². The van der Waals surface area contributed by atoms with Gasteiger partial charge in [-0.1, -0.05) is 12.7 Å². The van der Waals surface area contributed by atoms with Gasteiger partial charge in [-0.15, -0.1) is 0 Å².